The van der Waals surface area contributed by atoms with Crippen LogP contribution in [0.2, 0.25) is 5.15 Å². The first-order valence-corrected chi connectivity index (χ1v) is 10.3. The number of hydrogen-bond acceptors (Lipinski definition) is 3. The summed E-state index contributed by atoms with van der Waals surface area (Å²) in [6.45, 7) is 6.47. The summed E-state index contributed by atoms with van der Waals surface area (Å²) in [6, 6.07) is 9.99. The molecule has 2 aromatic rings. The van der Waals surface area contributed by atoms with Gasteiger partial charge in [0.1, 0.15) is 5.15 Å². The topological polar surface area (TPSA) is 50.2 Å². The lowest BCUT2D eigenvalue weighted by Crippen LogP contribution is -2.30. The Bertz CT molecular complexity index is 736. The van der Waals surface area contributed by atoms with Crippen molar-refractivity contribution in [2.45, 2.75) is 45.6 Å². The van der Waals surface area contributed by atoms with Gasteiger partial charge in [-0.15, -0.1) is 0 Å². The average Bonchev–Trinajstić information content (AvgIpc) is 2.84. The minimum Gasteiger partial charge on any atom is -0.352 e. The first-order chi connectivity index (χ1) is 13.1. The number of nitrogens with zero attached hydrogens (tertiary/aromatic N) is 3. The maximum absolute atomic E-state index is 12.6. The SMILES string of the molecule is Cc1nn(Cc2ccccc2)c(Cl)c1C(=O)NCCCN1CCCCCC1. The van der Waals surface area contributed by atoms with E-state index in [1.54, 1.807) is 4.68 Å². The highest BCUT2D eigenvalue weighted by molar-refractivity contribution is 6.33. The molecule has 3 rings (SSSR count). The summed E-state index contributed by atoms with van der Waals surface area (Å²) in [4.78, 5) is 15.1. The molecule has 146 valence electrons. The minimum absolute atomic E-state index is 0.132. The summed E-state index contributed by atoms with van der Waals surface area (Å²) in [6.07, 6.45) is 6.24. The van der Waals surface area contributed by atoms with Gasteiger partial charge in [0.15, 0.2) is 0 Å². The number of halogens is 1. The number of rotatable bonds is 7. The van der Waals surface area contributed by atoms with Crippen LogP contribution >= 0.6 is 11.6 Å². The standard InChI is InChI=1S/C21H29ClN4O/c1-17-19(20(22)26(24-17)16-18-10-5-4-6-11-18)21(27)23-12-9-15-25-13-7-2-3-8-14-25/h4-6,10-11H,2-3,7-9,12-16H2,1H3,(H,23,27). The third-order valence-electron chi connectivity index (χ3n) is 5.10. The predicted molar refractivity (Wildman–Crippen MR) is 109 cm³/mol. The molecule has 6 heteroatoms. The summed E-state index contributed by atoms with van der Waals surface area (Å²) in [5, 5.41) is 7.87. The third-order valence-corrected chi connectivity index (χ3v) is 5.49. The highest BCUT2D eigenvalue weighted by atomic mass is 35.5. The van der Waals surface area contributed by atoms with Gasteiger partial charge in [-0.25, -0.2) is 4.68 Å². The normalized spacial score (nSPS) is 15.5. The van der Waals surface area contributed by atoms with Crippen LogP contribution in [-0.2, 0) is 6.54 Å². The monoisotopic (exact) mass is 388 g/mol. The number of amides is 1. The maximum Gasteiger partial charge on any atom is 0.256 e. The highest BCUT2D eigenvalue weighted by Gasteiger charge is 2.20. The molecule has 1 N–H and O–H groups in total. The second-order valence-corrected chi connectivity index (χ2v) is 7.62. The number of nitrogens with one attached hydrogen (secondary N) is 1. The molecule has 1 amide bonds. The van der Waals surface area contributed by atoms with E-state index >= 15 is 0 Å². The van der Waals surface area contributed by atoms with Gasteiger partial charge in [-0.1, -0.05) is 54.8 Å². The Balaban J connectivity index is 1.52. The Morgan fingerprint density at radius 2 is 1.85 bits per heavy atom. The van der Waals surface area contributed by atoms with E-state index in [0.29, 0.717) is 29.5 Å². The average molecular weight is 389 g/mol. The number of likely N-dealkylation sites (tertiary alicyclic amines) is 1. The number of hydrogen-bond donors (Lipinski definition) is 1. The summed E-state index contributed by atoms with van der Waals surface area (Å²) in [5.74, 6) is -0.132. The van der Waals surface area contributed by atoms with Crippen LogP contribution in [0.5, 0.6) is 0 Å². The molecular weight excluding hydrogens is 360 g/mol. The molecule has 1 aliphatic heterocycles. The molecule has 1 aromatic heterocycles. The Morgan fingerprint density at radius 1 is 1.15 bits per heavy atom. The van der Waals surface area contributed by atoms with Gasteiger partial charge in [-0.05, 0) is 51.4 Å². The fraction of sp³-hybridized carbons (Fsp3) is 0.524. The van der Waals surface area contributed by atoms with Gasteiger partial charge in [0.2, 0.25) is 0 Å². The van der Waals surface area contributed by atoms with Gasteiger partial charge in [0, 0.05) is 6.54 Å². The van der Waals surface area contributed by atoms with Crippen molar-refractivity contribution in [2.24, 2.45) is 0 Å². The Hall–Kier alpha value is -1.85. The van der Waals surface area contributed by atoms with Gasteiger partial charge >= 0.3 is 0 Å². The molecule has 1 aromatic carbocycles. The van der Waals surface area contributed by atoms with E-state index in [1.165, 1.54) is 38.8 Å². The molecule has 1 saturated heterocycles. The van der Waals surface area contributed by atoms with Crippen molar-refractivity contribution in [1.82, 2.24) is 20.0 Å². The molecule has 1 aliphatic rings. The van der Waals surface area contributed by atoms with Gasteiger partial charge in [0.05, 0.1) is 17.8 Å². The molecule has 1 fully saturated rings. The van der Waals surface area contributed by atoms with Crippen molar-refractivity contribution in [2.75, 3.05) is 26.2 Å². The second-order valence-electron chi connectivity index (χ2n) is 7.26. The fourth-order valence-electron chi connectivity index (χ4n) is 3.63. The lowest BCUT2D eigenvalue weighted by molar-refractivity contribution is 0.0951. The minimum atomic E-state index is -0.132. The smallest absolute Gasteiger partial charge is 0.256 e. The summed E-state index contributed by atoms with van der Waals surface area (Å²) < 4.78 is 1.69. The van der Waals surface area contributed by atoms with Crippen molar-refractivity contribution in [1.29, 1.82) is 0 Å². The van der Waals surface area contributed by atoms with Crippen LogP contribution in [0.15, 0.2) is 30.3 Å². The Labute approximate surface area is 166 Å². The zero-order valence-corrected chi connectivity index (χ0v) is 16.8. The van der Waals surface area contributed by atoms with Crippen LogP contribution in [0.25, 0.3) is 0 Å². The largest absolute Gasteiger partial charge is 0.352 e. The molecule has 0 spiro atoms. The predicted octanol–water partition coefficient (Wildman–Crippen LogP) is 3.89. The van der Waals surface area contributed by atoms with Crippen molar-refractivity contribution in [3.8, 4) is 0 Å². The first-order valence-electron chi connectivity index (χ1n) is 9.92. The van der Waals surface area contributed by atoms with E-state index in [2.05, 4.69) is 15.3 Å². The van der Waals surface area contributed by atoms with Crippen LogP contribution in [0.1, 0.15) is 53.7 Å². The number of benzene rings is 1. The lowest BCUT2D eigenvalue weighted by Gasteiger charge is -2.19. The van der Waals surface area contributed by atoms with Crippen molar-refractivity contribution >= 4 is 17.5 Å². The van der Waals surface area contributed by atoms with E-state index in [1.807, 2.05) is 37.3 Å². The number of aryl methyl sites for hydroxylation is 1. The van der Waals surface area contributed by atoms with Crippen LogP contribution in [0.3, 0.4) is 0 Å². The molecule has 0 bridgehead atoms. The lowest BCUT2D eigenvalue weighted by atomic mass is 10.2. The molecular formula is C21H29ClN4O. The van der Waals surface area contributed by atoms with Gasteiger partial charge in [-0.2, -0.15) is 5.10 Å². The summed E-state index contributed by atoms with van der Waals surface area (Å²) in [5.41, 5.74) is 2.26. The van der Waals surface area contributed by atoms with Crippen LogP contribution < -0.4 is 5.32 Å². The summed E-state index contributed by atoms with van der Waals surface area (Å²) in [7, 11) is 0. The number of carbonyl (C=O) groups excluding carboxylic acids is 1. The molecule has 5 nitrogen and oxygen atoms in total. The third kappa shape index (κ3) is 5.56. The van der Waals surface area contributed by atoms with Crippen LogP contribution in [-0.4, -0.2) is 46.8 Å². The van der Waals surface area contributed by atoms with Crippen LogP contribution in [0, 0.1) is 6.92 Å². The zero-order valence-electron chi connectivity index (χ0n) is 16.1. The highest BCUT2D eigenvalue weighted by Crippen LogP contribution is 2.21. The molecule has 27 heavy (non-hydrogen) atoms. The molecule has 0 saturated carbocycles. The summed E-state index contributed by atoms with van der Waals surface area (Å²) >= 11 is 6.46. The van der Waals surface area contributed by atoms with E-state index in [9.17, 15) is 4.79 Å². The number of aromatic nitrogens is 2. The first kappa shape index (κ1) is 19.9. The molecule has 0 radical (unpaired) electrons. The van der Waals surface area contributed by atoms with E-state index in [4.69, 9.17) is 11.6 Å². The molecule has 0 unspecified atom stereocenters. The van der Waals surface area contributed by atoms with E-state index < -0.39 is 0 Å². The Kier molecular flexibility index (Phi) is 7.30. The van der Waals surface area contributed by atoms with Gasteiger partial charge in [0.25, 0.3) is 5.91 Å². The van der Waals surface area contributed by atoms with Crippen molar-refractivity contribution in [3.05, 3.63) is 52.3 Å². The fourth-order valence-corrected chi connectivity index (χ4v) is 3.95. The number of carbonyl (C=O) groups is 1. The maximum atomic E-state index is 12.6. The van der Waals surface area contributed by atoms with E-state index in [-0.39, 0.29) is 5.91 Å². The van der Waals surface area contributed by atoms with E-state index in [0.717, 1.165) is 18.5 Å². The van der Waals surface area contributed by atoms with Crippen molar-refractivity contribution < 1.29 is 4.79 Å². The van der Waals surface area contributed by atoms with Gasteiger partial charge in [-0.3, -0.25) is 4.79 Å². The zero-order chi connectivity index (χ0) is 19.1. The van der Waals surface area contributed by atoms with Crippen LogP contribution in [0.4, 0.5) is 0 Å². The molecule has 0 aliphatic carbocycles. The molecule has 2 heterocycles. The second kappa shape index (κ2) is 9.90. The molecule has 0 atom stereocenters. The Morgan fingerprint density at radius 3 is 2.56 bits per heavy atom. The van der Waals surface area contributed by atoms with Crippen molar-refractivity contribution in [3.63, 3.8) is 0 Å². The quantitative estimate of drug-likeness (QED) is 0.732. The van der Waals surface area contributed by atoms with Gasteiger partial charge < -0.3 is 10.2 Å².